The zero-order valence-corrected chi connectivity index (χ0v) is 13.0. The molecule has 1 N–H and O–H groups in total. The summed E-state index contributed by atoms with van der Waals surface area (Å²) in [6, 6.07) is 6.05. The molecule has 0 radical (unpaired) electrons. The standard InChI is InChI=1S/C17H17FN4O/c1-11-7-15(14-4-3-13(18)8-16(14)21-11)17(23)22(2)6-5-12-9-19-20-10-12/h3-4,7-10H,5-6H2,1-2H3,(H,19,20). The highest BCUT2D eigenvalue weighted by molar-refractivity contribution is 6.06. The van der Waals surface area contributed by atoms with Crippen LogP contribution in [0.5, 0.6) is 0 Å². The third-order valence-corrected chi connectivity index (χ3v) is 3.77. The van der Waals surface area contributed by atoms with Gasteiger partial charge in [-0.05, 0) is 37.1 Å². The van der Waals surface area contributed by atoms with Crippen molar-refractivity contribution in [3.05, 3.63) is 59.3 Å². The van der Waals surface area contributed by atoms with Crippen LogP contribution in [0.3, 0.4) is 0 Å². The molecule has 0 saturated heterocycles. The topological polar surface area (TPSA) is 61.9 Å². The zero-order valence-electron chi connectivity index (χ0n) is 13.0. The van der Waals surface area contributed by atoms with E-state index in [1.807, 2.05) is 6.20 Å². The van der Waals surface area contributed by atoms with Gasteiger partial charge in [0.25, 0.3) is 5.91 Å². The quantitative estimate of drug-likeness (QED) is 0.806. The van der Waals surface area contributed by atoms with Crippen LogP contribution in [0.2, 0.25) is 0 Å². The molecule has 0 fully saturated rings. The van der Waals surface area contributed by atoms with Crippen molar-refractivity contribution in [2.45, 2.75) is 13.3 Å². The first-order valence-electron chi connectivity index (χ1n) is 7.34. The van der Waals surface area contributed by atoms with Crippen LogP contribution in [-0.4, -0.2) is 39.6 Å². The highest BCUT2D eigenvalue weighted by Gasteiger charge is 2.16. The van der Waals surface area contributed by atoms with Crippen LogP contribution in [0.4, 0.5) is 4.39 Å². The van der Waals surface area contributed by atoms with Crippen LogP contribution in [0.1, 0.15) is 21.6 Å². The lowest BCUT2D eigenvalue weighted by molar-refractivity contribution is 0.0798. The number of halogens is 1. The van der Waals surface area contributed by atoms with E-state index in [0.29, 0.717) is 28.7 Å². The normalized spacial score (nSPS) is 10.9. The Morgan fingerprint density at radius 3 is 2.91 bits per heavy atom. The maximum atomic E-state index is 13.4. The molecule has 5 nitrogen and oxygen atoms in total. The number of likely N-dealkylation sites (N-methyl/N-ethyl adjacent to an activating group) is 1. The second-order valence-electron chi connectivity index (χ2n) is 5.56. The van der Waals surface area contributed by atoms with E-state index in [1.165, 1.54) is 12.1 Å². The van der Waals surface area contributed by atoms with Gasteiger partial charge in [0, 0.05) is 36.9 Å². The first-order valence-corrected chi connectivity index (χ1v) is 7.34. The summed E-state index contributed by atoms with van der Waals surface area (Å²) in [5, 5.41) is 7.31. The van der Waals surface area contributed by atoms with Crippen molar-refractivity contribution >= 4 is 16.8 Å². The summed E-state index contributed by atoms with van der Waals surface area (Å²) in [5.41, 5.74) is 2.77. The Hall–Kier alpha value is -2.76. The van der Waals surface area contributed by atoms with Crippen molar-refractivity contribution in [3.63, 3.8) is 0 Å². The molecule has 0 bridgehead atoms. The number of hydrogen-bond donors (Lipinski definition) is 1. The monoisotopic (exact) mass is 312 g/mol. The van der Waals surface area contributed by atoms with Crippen LogP contribution < -0.4 is 0 Å². The number of carbonyl (C=O) groups is 1. The molecule has 6 heteroatoms. The van der Waals surface area contributed by atoms with E-state index in [0.717, 1.165) is 12.0 Å². The van der Waals surface area contributed by atoms with Gasteiger partial charge >= 0.3 is 0 Å². The number of H-pyrrole nitrogens is 1. The summed E-state index contributed by atoms with van der Waals surface area (Å²) < 4.78 is 13.4. The van der Waals surface area contributed by atoms with Crippen molar-refractivity contribution in [2.24, 2.45) is 0 Å². The number of aromatic nitrogens is 3. The summed E-state index contributed by atoms with van der Waals surface area (Å²) in [4.78, 5) is 18.7. The lowest BCUT2D eigenvalue weighted by Crippen LogP contribution is -2.29. The molecular formula is C17H17FN4O. The number of pyridine rings is 1. The van der Waals surface area contributed by atoms with Gasteiger partial charge in [-0.2, -0.15) is 5.10 Å². The van der Waals surface area contributed by atoms with Crippen molar-refractivity contribution in [1.29, 1.82) is 0 Å². The van der Waals surface area contributed by atoms with Crippen LogP contribution in [-0.2, 0) is 6.42 Å². The molecule has 1 amide bonds. The van der Waals surface area contributed by atoms with Gasteiger partial charge in [-0.15, -0.1) is 0 Å². The second-order valence-corrected chi connectivity index (χ2v) is 5.56. The summed E-state index contributed by atoms with van der Waals surface area (Å²) in [5.74, 6) is -0.460. The van der Waals surface area contributed by atoms with Crippen molar-refractivity contribution in [3.8, 4) is 0 Å². The molecule has 0 atom stereocenters. The van der Waals surface area contributed by atoms with E-state index in [2.05, 4.69) is 15.2 Å². The molecule has 0 saturated carbocycles. The number of rotatable bonds is 4. The highest BCUT2D eigenvalue weighted by atomic mass is 19.1. The van der Waals surface area contributed by atoms with Crippen LogP contribution in [0, 0.1) is 12.7 Å². The van der Waals surface area contributed by atoms with Gasteiger partial charge in [0.2, 0.25) is 0 Å². The number of carbonyl (C=O) groups excluding carboxylic acids is 1. The first-order chi connectivity index (χ1) is 11.0. The fourth-order valence-corrected chi connectivity index (χ4v) is 2.53. The first kappa shape index (κ1) is 15.1. The van der Waals surface area contributed by atoms with Gasteiger partial charge in [-0.3, -0.25) is 14.9 Å². The minimum absolute atomic E-state index is 0.101. The number of nitrogens with zero attached hydrogens (tertiary/aromatic N) is 3. The van der Waals surface area contributed by atoms with E-state index in [-0.39, 0.29) is 11.7 Å². The number of nitrogens with one attached hydrogen (secondary N) is 1. The van der Waals surface area contributed by atoms with Gasteiger partial charge in [0.1, 0.15) is 5.82 Å². The average Bonchev–Trinajstić information content (AvgIpc) is 3.04. The molecule has 0 spiro atoms. The number of aryl methyl sites for hydroxylation is 1. The maximum Gasteiger partial charge on any atom is 0.254 e. The molecule has 2 heterocycles. The number of hydrogen-bond acceptors (Lipinski definition) is 3. The largest absolute Gasteiger partial charge is 0.341 e. The summed E-state index contributed by atoms with van der Waals surface area (Å²) in [6.45, 7) is 2.37. The minimum Gasteiger partial charge on any atom is -0.341 e. The number of amides is 1. The summed E-state index contributed by atoms with van der Waals surface area (Å²) in [6.07, 6.45) is 4.27. The second kappa shape index (κ2) is 6.16. The van der Waals surface area contributed by atoms with Gasteiger partial charge in [-0.1, -0.05) is 0 Å². The number of fused-ring (bicyclic) bond motifs is 1. The molecule has 0 unspecified atom stereocenters. The van der Waals surface area contributed by atoms with Crippen molar-refractivity contribution < 1.29 is 9.18 Å². The number of aromatic amines is 1. The lowest BCUT2D eigenvalue weighted by atomic mass is 10.1. The van der Waals surface area contributed by atoms with Crippen molar-refractivity contribution in [1.82, 2.24) is 20.1 Å². The predicted molar refractivity (Wildman–Crippen MR) is 85.7 cm³/mol. The van der Waals surface area contributed by atoms with Gasteiger partial charge in [0.05, 0.1) is 17.3 Å². The predicted octanol–water partition coefficient (Wildman–Crippen LogP) is 2.72. The Morgan fingerprint density at radius 1 is 1.35 bits per heavy atom. The molecule has 0 aliphatic carbocycles. The molecule has 3 aromatic rings. The SMILES string of the molecule is Cc1cc(C(=O)N(C)CCc2cn[nH]c2)c2ccc(F)cc2n1. The molecule has 0 aliphatic rings. The molecule has 23 heavy (non-hydrogen) atoms. The smallest absolute Gasteiger partial charge is 0.254 e. The molecule has 0 aliphatic heterocycles. The fraction of sp³-hybridized carbons (Fsp3) is 0.235. The van der Waals surface area contributed by atoms with Crippen LogP contribution in [0.15, 0.2) is 36.7 Å². The van der Waals surface area contributed by atoms with E-state index in [1.54, 1.807) is 37.2 Å². The van der Waals surface area contributed by atoms with E-state index in [4.69, 9.17) is 0 Å². The van der Waals surface area contributed by atoms with E-state index in [9.17, 15) is 9.18 Å². The Balaban J connectivity index is 1.87. The summed E-state index contributed by atoms with van der Waals surface area (Å²) >= 11 is 0. The lowest BCUT2D eigenvalue weighted by Gasteiger charge is -2.18. The highest BCUT2D eigenvalue weighted by Crippen LogP contribution is 2.21. The van der Waals surface area contributed by atoms with Crippen LogP contribution in [0.25, 0.3) is 10.9 Å². The molecule has 118 valence electrons. The Kier molecular flexibility index (Phi) is 4.06. The Labute approximate surface area is 133 Å². The van der Waals surface area contributed by atoms with Gasteiger partial charge in [0.15, 0.2) is 0 Å². The maximum absolute atomic E-state index is 13.4. The van der Waals surface area contributed by atoms with Crippen LogP contribution >= 0.6 is 0 Å². The summed E-state index contributed by atoms with van der Waals surface area (Å²) in [7, 11) is 1.76. The zero-order chi connectivity index (χ0) is 16.4. The third kappa shape index (κ3) is 3.21. The molecule has 1 aromatic carbocycles. The minimum atomic E-state index is -0.359. The van der Waals surface area contributed by atoms with Gasteiger partial charge in [-0.25, -0.2) is 4.39 Å². The molecule has 2 aromatic heterocycles. The fourth-order valence-electron chi connectivity index (χ4n) is 2.53. The molecule has 3 rings (SSSR count). The molecular weight excluding hydrogens is 295 g/mol. The van der Waals surface area contributed by atoms with Gasteiger partial charge < -0.3 is 4.90 Å². The van der Waals surface area contributed by atoms with Crippen molar-refractivity contribution in [2.75, 3.05) is 13.6 Å². The van der Waals surface area contributed by atoms with E-state index >= 15 is 0 Å². The third-order valence-electron chi connectivity index (χ3n) is 3.77. The number of benzene rings is 1. The van der Waals surface area contributed by atoms with E-state index < -0.39 is 0 Å². The Bertz CT molecular complexity index is 840. The average molecular weight is 312 g/mol. The Morgan fingerprint density at radius 2 is 2.17 bits per heavy atom.